The smallest absolute Gasteiger partial charge is 0.234 e. The fourth-order valence-corrected chi connectivity index (χ4v) is 2.20. The minimum Gasteiger partial charge on any atom is -0.383 e. The zero-order chi connectivity index (χ0) is 15.4. The number of aromatic nitrogens is 2. The maximum Gasteiger partial charge on any atom is 0.234 e. The summed E-state index contributed by atoms with van der Waals surface area (Å²) >= 11 is 1.10. The molecule has 2 aromatic rings. The molecule has 1 heterocycles. The standard InChI is InChI=1S/C13H14FN5OS/c1-7-2-3-8(4-9(7)14)17-12(20)6-21-13-18-10(15)5-11(16)19-13/h2-5H,6H2,1H3,(H,17,20)(H4,15,16,18,19). The summed E-state index contributed by atoms with van der Waals surface area (Å²) in [6.07, 6.45) is 0. The number of nitrogens with one attached hydrogen (secondary N) is 1. The van der Waals surface area contributed by atoms with Crippen LogP contribution < -0.4 is 16.8 Å². The van der Waals surface area contributed by atoms with Gasteiger partial charge in [-0.05, 0) is 24.6 Å². The predicted octanol–water partition coefficient (Wildman–Crippen LogP) is 1.82. The first kappa shape index (κ1) is 15.0. The average Bonchev–Trinajstić information content (AvgIpc) is 2.40. The minimum absolute atomic E-state index is 0.0678. The average molecular weight is 307 g/mol. The van der Waals surface area contributed by atoms with Gasteiger partial charge in [-0.15, -0.1) is 0 Å². The molecule has 1 aromatic heterocycles. The summed E-state index contributed by atoms with van der Waals surface area (Å²) in [6, 6.07) is 5.93. The molecular weight excluding hydrogens is 293 g/mol. The van der Waals surface area contributed by atoms with Gasteiger partial charge in [-0.1, -0.05) is 17.8 Å². The summed E-state index contributed by atoms with van der Waals surface area (Å²) in [5, 5.41) is 2.91. The van der Waals surface area contributed by atoms with Crippen molar-refractivity contribution in [1.29, 1.82) is 0 Å². The van der Waals surface area contributed by atoms with Crippen molar-refractivity contribution in [1.82, 2.24) is 9.97 Å². The second-order valence-corrected chi connectivity index (χ2v) is 5.24. The molecule has 110 valence electrons. The highest BCUT2D eigenvalue weighted by Gasteiger charge is 2.08. The Balaban J connectivity index is 1.94. The Kier molecular flexibility index (Phi) is 4.59. The molecule has 0 saturated carbocycles. The van der Waals surface area contributed by atoms with E-state index in [0.29, 0.717) is 16.4 Å². The van der Waals surface area contributed by atoms with E-state index >= 15 is 0 Å². The molecule has 21 heavy (non-hydrogen) atoms. The van der Waals surface area contributed by atoms with Gasteiger partial charge >= 0.3 is 0 Å². The Morgan fingerprint density at radius 1 is 1.29 bits per heavy atom. The van der Waals surface area contributed by atoms with E-state index in [0.717, 1.165) is 11.8 Å². The molecule has 8 heteroatoms. The highest BCUT2D eigenvalue weighted by molar-refractivity contribution is 7.99. The molecule has 0 radical (unpaired) electrons. The summed E-state index contributed by atoms with van der Waals surface area (Å²) in [5.41, 5.74) is 12.0. The highest BCUT2D eigenvalue weighted by atomic mass is 32.2. The molecule has 0 spiro atoms. The van der Waals surface area contributed by atoms with Crippen LogP contribution in [0.15, 0.2) is 29.4 Å². The zero-order valence-corrected chi connectivity index (χ0v) is 12.1. The summed E-state index contributed by atoms with van der Waals surface area (Å²) < 4.78 is 13.4. The van der Waals surface area contributed by atoms with Gasteiger partial charge in [0.25, 0.3) is 0 Å². The van der Waals surface area contributed by atoms with E-state index in [1.807, 2.05) is 0 Å². The van der Waals surface area contributed by atoms with Gasteiger partial charge in [-0.3, -0.25) is 4.79 Å². The van der Waals surface area contributed by atoms with Gasteiger partial charge in [-0.25, -0.2) is 14.4 Å². The van der Waals surface area contributed by atoms with E-state index in [-0.39, 0.29) is 29.1 Å². The third-order valence-electron chi connectivity index (χ3n) is 2.53. The van der Waals surface area contributed by atoms with Gasteiger partial charge in [-0.2, -0.15) is 0 Å². The first-order chi connectivity index (χ1) is 9.94. The Morgan fingerprint density at radius 3 is 2.57 bits per heavy atom. The van der Waals surface area contributed by atoms with Gasteiger partial charge in [0, 0.05) is 11.8 Å². The number of anilines is 3. The third-order valence-corrected chi connectivity index (χ3v) is 3.38. The summed E-state index contributed by atoms with van der Waals surface area (Å²) in [6.45, 7) is 1.65. The van der Waals surface area contributed by atoms with E-state index in [2.05, 4.69) is 15.3 Å². The zero-order valence-electron chi connectivity index (χ0n) is 11.3. The summed E-state index contributed by atoms with van der Waals surface area (Å²) in [7, 11) is 0. The van der Waals surface area contributed by atoms with Gasteiger partial charge in [0.05, 0.1) is 5.75 Å². The molecule has 1 amide bonds. The maximum absolute atomic E-state index is 13.4. The third kappa shape index (κ3) is 4.32. The van der Waals surface area contributed by atoms with Crippen molar-refractivity contribution in [2.24, 2.45) is 0 Å². The van der Waals surface area contributed by atoms with E-state index in [4.69, 9.17) is 11.5 Å². The topological polar surface area (TPSA) is 107 Å². The molecular formula is C13H14FN5OS. The van der Waals surface area contributed by atoms with Crippen molar-refractivity contribution in [3.05, 3.63) is 35.6 Å². The lowest BCUT2D eigenvalue weighted by molar-refractivity contribution is -0.113. The van der Waals surface area contributed by atoms with Crippen LogP contribution in [0.1, 0.15) is 5.56 Å². The lowest BCUT2D eigenvalue weighted by atomic mass is 10.2. The van der Waals surface area contributed by atoms with Crippen LogP contribution >= 0.6 is 11.8 Å². The molecule has 0 aliphatic heterocycles. The first-order valence-electron chi connectivity index (χ1n) is 6.03. The maximum atomic E-state index is 13.4. The number of nitrogens with zero attached hydrogens (tertiary/aromatic N) is 2. The predicted molar refractivity (Wildman–Crippen MR) is 81.3 cm³/mol. The number of carbonyl (C=O) groups excluding carboxylic acids is 1. The Bertz CT molecular complexity index is 659. The minimum atomic E-state index is -0.368. The van der Waals surface area contributed by atoms with E-state index < -0.39 is 0 Å². The quantitative estimate of drug-likeness (QED) is 0.587. The fraction of sp³-hybridized carbons (Fsp3) is 0.154. The van der Waals surface area contributed by atoms with Crippen molar-refractivity contribution in [3.8, 4) is 0 Å². The van der Waals surface area contributed by atoms with Gasteiger partial charge in [0.2, 0.25) is 5.91 Å². The van der Waals surface area contributed by atoms with Crippen LogP contribution in [0.2, 0.25) is 0 Å². The fourth-order valence-electron chi connectivity index (χ4n) is 1.52. The molecule has 0 bridgehead atoms. The summed E-state index contributed by atoms with van der Waals surface area (Å²) in [4.78, 5) is 19.7. The molecule has 0 fully saturated rings. The molecule has 2 rings (SSSR count). The van der Waals surface area contributed by atoms with E-state index in [9.17, 15) is 9.18 Å². The van der Waals surface area contributed by atoms with E-state index in [1.165, 1.54) is 12.1 Å². The molecule has 6 nitrogen and oxygen atoms in total. The molecule has 0 saturated heterocycles. The Morgan fingerprint density at radius 2 is 1.95 bits per heavy atom. The second-order valence-electron chi connectivity index (χ2n) is 4.30. The molecule has 0 atom stereocenters. The van der Waals surface area contributed by atoms with Crippen LogP contribution in [0.5, 0.6) is 0 Å². The second kappa shape index (κ2) is 6.40. The number of halogens is 1. The highest BCUT2D eigenvalue weighted by Crippen LogP contribution is 2.18. The van der Waals surface area contributed by atoms with Gasteiger partial charge in [0.1, 0.15) is 17.5 Å². The molecule has 0 unspecified atom stereocenters. The number of hydrogen-bond acceptors (Lipinski definition) is 6. The largest absolute Gasteiger partial charge is 0.383 e. The van der Waals surface area contributed by atoms with Crippen molar-refractivity contribution in [3.63, 3.8) is 0 Å². The lowest BCUT2D eigenvalue weighted by Gasteiger charge is -2.06. The number of aryl methyl sites for hydroxylation is 1. The van der Waals surface area contributed by atoms with Crippen LogP contribution in [0.3, 0.4) is 0 Å². The van der Waals surface area contributed by atoms with Gasteiger partial charge < -0.3 is 16.8 Å². The van der Waals surface area contributed by atoms with Crippen LogP contribution in [0.4, 0.5) is 21.7 Å². The molecule has 1 aromatic carbocycles. The SMILES string of the molecule is Cc1ccc(NC(=O)CSc2nc(N)cc(N)n2)cc1F. The number of nitrogens with two attached hydrogens (primary N) is 2. The van der Waals surface area contributed by atoms with Crippen molar-refractivity contribution in [2.75, 3.05) is 22.5 Å². The van der Waals surface area contributed by atoms with Crippen LogP contribution in [0.25, 0.3) is 0 Å². The molecule has 0 aliphatic carbocycles. The lowest BCUT2D eigenvalue weighted by Crippen LogP contribution is -2.14. The van der Waals surface area contributed by atoms with Crippen LogP contribution in [-0.2, 0) is 4.79 Å². The molecule has 0 aliphatic rings. The van der Waals surface area contributed by atoms with Crippen molar-refractivity contribution in [2.45, 2.75) is 12.1 Å². The van der Waals surface area contributed by atoms with Gasteiger partial charge in [0.15, 0.2) is 5.16 Å². The van der Waals surface area contributed by atoms with E-state index in [1.54, 1.807) is 19.1 Å². The van der Waals surface area contributed by atoms with Crippen molar-refractivity contribution >= 4 is 35.0 Å². The normalized spacial score (nSPS) is 10.4. The number of carbonyl (C=O) groups is 1. The van der Waals surface area contributed by atoms with Crippen molar-refractivity contribution < 1.29 is 9.18 Å². The number of rotatable bonds is 4. The monoisotopic (exact) mass is 307 g/mol. The number of nitrogen functional groups attached to an aromatic ring is 2. The molecule has 5 N–H and O–H groups in total. The Hall–Kier alpha value is -2.35. The first-order valence-corrected chi connectivity index (χ1v) is 7.01. The number of amides is 1. The number of thioether (sulfide) groups is 1. The number of benzene rings is 1. The van der Waals surface area contributed by atoms with Crippen LogP contribution in [-0.4, -0.2) is 21.6 Å². The Labute approximate surface area is 125 Å². The number of hydrogen-bond donors (Lipinski definition) is 3. The van der Waals surface area contributed by atoms with Crippen LogP contribution in [0, 0.1) is 12.7 Å². The summed E-state index contributed by atoms with van der Waals surface area (Å²) in [5.74, 6) is -0.115.